The van der Waals surface area contributed by atoms with Crippen molar-refractivity contribution in [1.29, 1.82) is 0 Å². The molecule has 0 radical (unpaired) electrons. The molecule has 0 aliphatic heterocycles. The quantitative estimate of drug-likeness (QED) is 0.746. The Hall–Kier alpha value is -1.71. The number of aromatic amines is 1. The van der Waals surface area contributed by atoms with Crippen molar-refractivity contribution < 1.29 is 1.43 Å². The molecule has 4 heteroatoms. The zero-order valence-corrected chi connectivity index (χ0v) is 8.11. The fourth-order valence-electron chi connectivity index (χ4n) is 1.48. The van der Waals surface area contributed by atoms with Crippen molar-refractivity contribution in [3.8, 4) is 0 Å². The first kappa shape index (κ1) is 8.87. The Morgan fingerprint density at radius 2 is 2.21 bits per heavy atom. The molecule has 0 aliphatic rings. The van der Waals surface area contributed by atoms with Crippen molar-refractivity contribution in [2.24, 2.45) is 0 Å². The molecule has 0 fully saturated rings. The summed E-state index contributed by atoms with van der Waals surface area (Å²) < 4.78 is 0. The Morgan fingerprint density at radius 3 is 2.93 bits per heavy atom. The first-order chi connectivity index (χ1) is 6.70. The summed E-state index contributed by atoms with van der Waals surface area (Å²) in [6, 6.07) is 1.75. The zero-order valence-electron chi connectivity index (χ0n) is 8.11. The third-order valence-electron chi connectivity index (χ3n) is 2.13. The number of hydrogen-bond acceptors (Lipinski definition) is 3. The molecule has 0 saturated heterocycles. The highest BCUT2D eigenvalue weighted by atomic mass is 16.1. The van der Waals surface area contributed by atoms with Crippen LogP contribution >= 0.6 is 0 Å². The molecule has 2 aromatic heterocycles. The van der Waals surface area contributed by atoms with Gasteiger partial charge in [0.05, 0.1) is 22.9 Å². The molecule has 4 nitrogen and oxygen atoms in total. The normalized spacial score (nSPS) is 11.1. The topological polar surface area (TPSA) is 58.6 Å². The zero-order chi connectivity index (χ0) is 10.1. The van der Waals surface area contributed by atoms with E-state index >= 15 is 0 Å². The molecule has 74 valence electrons. The first-order valence-corrected chi connectivity index (χ1v) is 4.52. The highest BCUT2D eigenvalue weighted by Gasteiger charge is 2.09. The number of nitrogens with one attached hydrogen (secondary N) is 1. The van der Waals surface area contributed by atoms with Crippen molar-refractivity contribution in [1.82, 2.24) is 15.0 Å². The second-order valence-corrected chi connectivity index (χ2v) is 3.48. The van der Waals surface area contributed by atoms with Gasteiger partial charge in [0.2, 0.25) is 0 Å². The molecule has 14 heavy (non-hydrogen) atoms. The molecule has 0 saturated carbocycles. The molecule has 0 atom stereocenters. The molecule has 2 heterocycles. The van der Waals surface area contributed by atoms with Crippen molar-refractivity contribution in [2.45, 2.75) is 19.8 Å². The van der Waals surface area contributed by atoms with Crippen LogP contribution in [-0.4, -0.2) is 15.0 Å². The summed E-state index contributed by atoms with van der Waals surface area (Å²) in [6.07, 6.45) is 3.10. The second kappa shape index (κ2) is 3.21. The second-order valence-electron chi connectivity index (χ2n) is 3.48. The van der Waals surface area contributed by atoms with Gasteiger partial charge >= 0.3 is 0 Å². The summed E-state index contributed by atoms with van der Waals surface area (Å²) in [5, 5.41) is 0.602. The van der Waals surface area contributed by atoms with Crippen LogP contribution < -0.4 is 5.56 Å². The van der Waals surface area contributed by atoms with E-state index in [9.17, 15) is 4.79 Å². The van der Waals surface area contributed by atoms with E-state index in [-0.39, 0.29) is 12.9 Å². The molecular formula is C10H13N3O. The average Bonchev–Trinajstić information content (AvgIpc) is 2.17. The molecule has 2 rings (SSSR count). The van der Waals surface area contributed by atoms with Gasteiger partial charge in [0, 0.05) is 7.62 Å². The van der Waals surface area contributed by atoms with E-state index < -0.39 is 0 Å². The maximum absolute atomic E-state index is 11.6. The Balaban J connectivity index is 0.00000112. The average molecular weight is 191 g/mol. The van der Waals surface area contributed by atoms with Crippen molar-refractivity contribution in [3.05, 3.63) is 34.6 Å². The van der Waals surface area contributed by atoms with Crippen molar-refractivity contribution in [2.75, 3.05) is 0 Å². The van der Waals surface area contributed by atoms with Crippen molar-refractivity contribution in [3.63, 3.8) is 0 Å². The predicted octanol–water partition coefficient (Wildman–Crippen LogP) is 1.69. The largest absolute Gasteiger partial charge is 0.313 e. The van der Waals surface area contributed by atoms with Crippen LogP contribution in [0.3, 0.4) is 0 Å². The van der Waals surface area contributed by atoms with Gasteiger partial charge in [0.15, 0.2) is 0 Å². The van der Waals surface area contributed by atoms with E-state index in [0.29, 0.717) is 10.9 Å². The lowest BCUT2D eigenvalue weighted by atomic mass is 10.1. The minimum atomic E-state index is -0.119. The van der Waals surface area contributed by atoms with Crippen LogP contribution in [0.15, 0.2) is 23.4 Å². The number of nitrogens with zero attached hydrogens (tertiary/aromatic N) is 2. The van der Waals surface area contributed by atoms with E-state index in [1.54, 1.807) is 12.3 Å². The maximum Gasteiger partial charge on any atom is 0.260 e. The molecule has 0 bridgehead atoms. The summed E-state index contributed by atoms with van der Waals surface area (Å²) in [7, 11) is 0. The van der Waals surface area contributed by atoms with E-state index in [1.165, 1.54) is 6.33 Å². The molecular weight excluding hydrogens is 178 g/mol. The summed E-state index contributed by atoms with van der Waals surface area (Å²) in [5.41, 5.74) is 1.39. The fourth-order valence-corrected chi connectivity index (χ4v) is 1.48. The molecule has 1 N–H and O–H groups in total. The van der Waals surface area contributed by atoms with Gasteiger partial charge in [0.1, 0.15) is 0 Å². The van der Waals surface area contributed by atoms with Gasteiger partial charge in [-0.25, -0.2) is 4.98 Å². The number of hydrogen-bond donors (Lipinski definition) is 1. The lowest BCUT2D eigenvalue weighted by Gasteiger charge is -2.06. The Labute approximate surface area is 82.5 Å². The number of aromatic nitrogens is 3. The van der Waals surface area contributed by atoms with Gasteiger partial charge in [-0.3, -0.25) is 9.78 Å². The summed E-state index contributed by atoms with van der Waals surface area (Å²) >= 11 is 0. The van der Waals surface area contributed by atoms with Crippen LogP contribution in [0.1, 0.15) is 26.9 Å². The first-order valence-electron chi connectivity index (χ1n) is 4.52. The fraction of sp³-hybridized carbons (Fsp3) is 0.300. The minimum absolute atomic E-state index is 0. The Bertz CT molecular complexity index is 516. The highest BCUT2D eigenvalue weighted by Crippen LogP contribution is 2.17. The molecule has 0 aliphatic carbocycles. The maximum atomic E-state index is 11.6. The van der Waals surface area contributed by atoms with Gasteiger partial charge < -0.3 is 4.98 Å². The van der Waals surface area contributed by atoms with Crippen LogP contribution in [0.5, 0.6) is 0 Å². The summed E-state index contributed by atoms with van der Waals surface area (Å²) in [5.74, 6) is 0.226. The predicted molar refractivity (Wildman–Crippen MR) is 56.4 cm³/mol. The van der Waals surface area contributed by atoms with Gasteiger partial charge in [0.25, 0.3) is 5.56 Å². The van der Waals surface area contributed by atoms with Crippen LogP contribution in [0, 0.1) is 0 Å². The van der Waals surface area contributed by atoms with Gasteiger partial charge in [-0.2, -0.15) is 0 Å². The van der Waals surface area contributed by atoms with Crippen molar-refractivity contribution >= 4 is 10.9 Å². The standard InChI is InChI=1S/C10H11N3O.H2/c1-6(2)9-8-7(3-4-11-9)12-5-13-10(8)14;/h3-6H,1-2H3,(H,12,13,14);1H. The van der Waals surface area contributed by atoms with Crippen LogP contribution in [-0.2, 0) is 0 Å². The number of H-pyrrole nitrogens is 1. The highest BCUT2D eigenvalue weighted by molar-refractivity contribution is 5.79. The van der Waals surface area contributed by atoms with Crippen LogP contribution in [0.4, 0.5) is 0 Å². The smallest absolute Gasteiger partial charge is 0.260 e. The third-order valence-corrected chi connectivity index (χ3v) is 2.13. The summed E-state index contributed by atoms with van der Waals surface area (Å²) in [4.78, 5) is 22.4. The third kappa shape index (κ3) is 1.28. The van der Waals surface area contributed by atoms with E-state index in [4.69, 9.17) is 0 Å². The summed E-state index contributed by atoms with van der Waals surface area (Å²) in [6.45, 7) is 4.02. The Morgan fingerprint density at radius 1 is 1.43 bits per heavy atom. The monoisotopic (exact) mass is 191 g/mol. The minimum Gasteiger partial charge on any atom is -0.313 e. The number of rotatable bonds is 1. The number of fused-ring (bicyclic) bond motifs is 1. The Kier molecular flexibility index (Phi) is 2.04. The van der Waals surface area contributed by atoms with Crippen LogP contribution in [0.25, 0.3) is 10.9 Å². The SMILES string of the molecule is CC(C)c1nccc2nc[nH]c(=O)c12.[HH]. The molecule has 0 amide bonds. The van der Waals surface area contributed by atoms with E-state index in [2.05, 4.69) is 15.0 Å². The molecule has 0 unspecified atom stereocenters. The van der Waals surface area contributed by atoms with Gasteiger partial charge in [-0.15, -0.1) is 0 Å². The lowest BCUT2D eigenvalue weighted by Crippen LogP contribution is -2.10. The van der Waals surface area contributed by atoms with E-state index in [1.807, 2.05) is 13.8 Å². The number of pyridine rings is 1. The lowest BCUT2D eigenvalue weighted by molar-refractivity contribution is 0.831. The molecule has 0 spiro atoms. The molecule has 2 aromatic rings. The van der Waals surface area contributed by atoms with Gasteiger partial charge in [-0.1, -0.05) is 13.8 Å². The van der Waals surface area contributed by atoms with E-state index in [0.717, 1.165) is 5.69 Å². The van der Waals surface area contributed by atoms with Gasteiger partial charge in [-0.05, 0) is 12.0 Å². The van der Waals surface area contributed by atoms with Crippen LogP contribution in [0.2, 0.25) is 0 Å². The molecule has 0 aromatic carbocycles.